The number of hydrogen-bond donors (Lipinski definition) is 0. The summed E-state index contributed by atoms with van der Waals surface area (Å²) in [5.41, 5.74) is 3.00. The van der Waals surface area contributed by atoms with Gasteiger partial charge < -0.3 is 19.0 Å². The molecule has 6 nitrogen and oxygen atoms in total. The predicted octanol–water partition coefficient (Wildman–Crippen LogP) is 5.34. The van der Waals surface area contributed by atoms with Crippen molar-refractivity contribution in [3.8, 4) is 34.4 Å². The van der Waals surface area contributed by atoms with Crippen molar-refractivity contribution in [3.05, 3.63) is 78.9 Å². The molecule has 0 radical (unpaired) electrons. The van der Waals surface area contributed by atoms with Crippen LogP contribution < -0.4 is 9.64 Å². The molecular formula is C26H26N4O2. The van der Waals surface area contributed by atoms with E-state index < -0.39 is 0 Å². The van der Waals surface area contributed by atoms with Crippen molar-refractivity contribution in [1.82, 2.24) is 15.1 Å². The van der Waals surface area contributed by atoms with Gasteiger partial charge in [0.15, 0.2) is 0 Å². The number of nitrogens with zero attached hydrogens (tertiary/aromatic N) is 4. The molecule has 0 aliphatic carbocycles. The van der Waals surface area contributed by atoms with Gasteiger partial charge in [-0.15, -0.1) is 10.2 Å². The second-order valence-corrected chi connectivity index (χ2v) is 8.25. The fourth-order valence-electron chi connectivity index (χ4n) is 3.96. The summed E-state index contributed by atoms with van der Waals surface area (Å²) in [5.74, 6) is 2.57. The second kappa shape index (κ2) is 8.85. The Labute approximate surface area is 188 Å². The zero-order chi connectivity index (χ0) is 21.9. The van der Waals surface area contributed by atoms with Crippen molar-refractivity contribution in [2.45, 2.75) is 12.5 Å². The monoisotopic (exact) mass is 426 g/mol. The van der Waals surface area contributed by atoms with Crippen LogP contribution in [0.2, 0.25) is 0 Å². The van der Waals surface area contributed by atoms with E-state index in [2.05, 4.69) is 46.2 Å². The van der Waals surface area contributed by atoms with Crippen molar-refractivity contribution in [1.29, 1.82) is 0 Å². The van der Waals surface area contributed by atoms with Crippen molar-refractivity contribution >= 4 is 5.69 Å². The van der Waals surface area contributed by atoms with Gasteiger partial charge in [0.2, 0.25) is 11.8 Å². The van der Waals surface area contributed by atoms with E-state index in [4.69, 9.17) is 9.15 Å². The summed E-state index contributed by atoms with van der Waals surface area (Å²) in [6.45, 7) is 2.14. The minimum atomic E-state index is 0.490. The number of ether oxygens (including phenoxy) is 1. The molecule has 0 N–H and O–H groups in total. The number of anilines is 1. The minimum absolute atomic E-state index is 0.490. The molecule has 32 heavy (non-hydrogen) atoms. The van der Waals surface area contributed by atoms with Crippen LogP contribution in [0.25, 0.3) is 22.9 Å². The molecule has 1 unspecified atom stereocenters. The molecule has 6 heteroatoms. The van der Waals surface area contributed by atoms with E-state index in [0.29, 0.717) is 17.8 Å². The Bertz CT molecular complexity index is 1150. The van der Waals surface area contributed by atoms with Crippen molar-refractivity contribution < 1.29 is 9.15 Å². The molecule has 4 aromatic rings. The van der Waals surface area contributed by atoms with E-state index >= 15 is 0 Å². The fourth-order valence-corrected chi connectivity index (χ4v) is 3.96. The molecule has 162 valence electrons. The molecular weight excluding hydrogens is 400 g/mol. The topological polar surface area (TPSA) is 54.6 Å². The van der Waals surface area contributed by atoms with Gasteiger partial charge in [-0.1, -0.05) is 18.2 Å². The van der Waals surface area contributed by atoms with Crippen LogP contribution >= 0.6 is 0 Å². The number of benzene rings is 3. The van der Waals surface area contributed by atoms with Gasteiger partial charge in [0.05, 0.1) is 0 Å². The fraction of sp³-hybridized carbons (Fsp3) is 0.231. The van der Waals surface area contributed by atoms with E-state index in [1.807, 2.05) is 66.7 Å². The molecule has 1 fully saturated rings. The van der Waals surface area contributed by atoms with Gasteiger partial charge in [0.25, 0.3) is 0 Å². The molecule has 1 aromatic heterocycles. The van der Waals surface area contributed by atoms with Crippen LogP contribution in [0.3, 0.4) is 0 Å². The van der Waals surface area contributed by atoms with E-state index in [-0.39, 0.29) is 0 Å². The van der Waals surface area contributed by atoms with Crippen molar-refractivity contribution in [3.63, 3.8) is 0 Å². The van der Waals surface area contributed by atoms with Gasteiger partial charge in [-0.3, -0.25) is 0 Å². The van der Waals surface area contributed by atoms with Gasteiger partial charge in [-0.2, -0.15) is 0 Å². The molecule has 0 amide bonds. The summed E-state index contributed by atoms with van der Waals surface area (Å²) in [4.78, 5) is 4.72. The SMILES string of the molecule is CN(C)C1CCN(c2ccc(-c3nnc(-c4ccc(Oc5ccccc5)cc4)o3)cc2)C1. The Morgan fingerprint density at radius 2 is 1.41 bits per heavy atom. The maximum absolute atomic E-state index is 5.94. The highest BCUT2D eigenvalue weighted by Gasteiger charge is 2.24. The smallest absolute Gasteiger partial charge is 0.248 e. The summed E-state index contributed by atoms with van der Waals surface area (Å²) in [7, 11) is 4.29. The summed E-state index contributed by atoms with van der Waals surface area (Å²) < 4.78 is 11.8. The van der Waals surface area contributed by atoms with Crippen LogP contribution in [0.1, 0.15) is 6.42 Å². The van der Waals surface area contributed by atoms with Crippen LogP contribution in [0, 0.1) is 0 Å². The minimum Gasteiger partial charge on any atom is -0.457 e. The van der Waals surface area contributed by atoms with E-state index in [1.165, 1.54) is 12.1 Å². The molecule has 0 saturated carbocycles. The summed E-state index contributed by atoms with van der Waals surface area (Å²) in [6.07, 6.45) is 1.19. The Morgan fingerprint density at radius 3 is 2.00 bits per heavy atom. The highest BCUT2D eigenvalue weighted by Crippen LogP contribution is 2.29. The van der Waals surface area contributed by atoms with Crippen LogP contribution in [0.15, 0.2) is 83.3 Å². The van der Waals surface area contributed by atoms with Gasteiger partial charge in [0.1, 0.15) is 11.5 Å². The average molecular weight is 427 g/mol. The average Bonchev–Trinajstić information content (AvgIpc) is 3.51. The highest BCUT2D eigenvalue weighted by molar-refractivity contribution is 5.62. The lowest BCUT2D eigenvalue weighted by atomic mass is 10.2. The molecule has 1 aliphatic heterocycles. The normalized spacial score (nSPS) is 16.0. The zero-order valence-corrected chi connectivity index (χ0v) is 18.3. The molecule has 0 bridgehead atoms. The number of para-hydroxylation sites is 1. The quantitative estimate of drug-likeness (QED) is 0.415. The standard InChI is InChI=1S/C26H26N4O2/c1-29(2)22-16-17-30(18-22)21-12-8-19(9-13-21)25-27-28-26(32-25)20-10-14-24(15-11-20)31-23-6-4-3-5-7-23/h3-15,22H,16-18H2,1-2H3. The summed E-state index contributed by atoms with van der Waals surface area (Å²) >= 11 is 0. The largest absolute Gasteiger partial charge is 0.457 e. The Hall–Kier alpha value is -3.64. The van der Waals surface area contributed by atoms with Crippen LogP contribution in [-0.2, 0) is 0 Å². The lowest BCUT2D eigenvalue weighted by molar-refractivity contribution is 0.315. The highest BCUT2D eigenvalue weighted by atomic mass is 16.5. The van der Waals surface area contributed by atoms with E-state index in [1.54, 1.807) is 0 Å². The summed E-state index contributed by atoms with van der Waals surface area (Å²) in [6, 6.07) is 26.3. The lowest BCUT2D eigenvalue weighted by Gasteiger charge is -2.21. The molecule has 1 saturated heterocycles. The van der Waals surface area contributed by atoms with E-state index in [9.17, 15) is 0 Å². The van der Waals surface area contributed by atoms with Gasteiger partial charge in [-0.25, -0.2) is 0 Å². The molecule has 3 aromatic carbocycles. The third-order valence-electron chi connectivity index (χ3n) is 5.88. The van der Waals surface area contributed by atoms with Crippen LogP contribution in [-0.4, -0.2) is 48.3 Å². The number of aromatic nitrogens is 2. The first-order chi connectivity index (χ1) is 15.7. The molecule has 1 atom stereocenters. The molecule has 2 heterocycles. The van der Waals surface area contributed by atoms with Crippen molar-refractivity contribution in [2.24, 2.45) is 0 Å². The van der Waals surface area contributed by atoms with Crippen LogP contribution in [0.4, 0.5) is 5.69 Å². The Kier molecular flexibility index (Phi) is 5.60. The maximum atomic E-state index is 5.94. The maximum Gasteiger partial charge on any atom is 0.248 e. The Balaban J connectivity index is 1.26. The summed E-state index contributed by atoms with van der Waals surface area (Å²) in [5, 5.41) is 8.48. The van der Waals surface area contributed by atoms with Gasteiger partial charge in [-0.05, 0) is 81.2 Å². The van der Waals surface area contributed by atoms with E-state index in [0.717, 1.165) is 35.7 Å². The lowest BCUT2D eigenvalue weighted by Crippen LogP contribution is -2.31. The molecule has 0 spiro atoms. The third kappa shape index (κ3) is 4.36. The van der Waals surface area contributed by atoms with Crippen molar-refractivity contribution in [2.75, 3.05) is 32.1 Å². The van der Waals surface area contributed by atoms with Crippen LogP contribution in [0.5, 0.6) is 11.5 Å². The number of rotatable bonds is 6. The number of hydrogen-bond acceptors (Lipinski definition) is 6. The molecule has 1 aliphatic rings. The first kappa shape index (κ1) is 20.3. The third-order valence-corrected chi connectivity index (χ3v) is 5.88. The Morgan fingerprint density at radius 1 is 0.812 bits per heavy atom. The van der Waals surface area contributed by atoms with Gasteiger partial charge >= 0.3 is 0 Å². The predicted molar refractivity (Wildman–Crippen MR) is 126 cm³/mol. The first-order valence-corrected chi connectivity index (χ1v) is 10.8. The first-order valence-electron chi connectivity index (χ1n) is 10.8. The number of likely N-dealkylation sites (N-methyl/N-ethyl adjacent to an activating group) is 1. The molecule has 5 rings (SSSR count). The zero-order valence-electron chi connectivity index (χ0n) is 18.3. The van der Waals surface area contributed by atoms with Gasteiger partial charge in [0, 0.05) is 35.9 Å². The second-order valence-electron chi connectivity index (χ2n) is 8.25.